The van der Waals surface area contributed by atoms with Gasteiger partial charge < -0.3 is 5.32 Å². The topological polar surface area (TPSA) is 70.6 Å². The molecule has 0 aromatic heterocycles. The van der Waals surface area contributed by atoms with Crippen LogP contribution in [0.2, 0.25) is 0 Å². The van der Waals surface area contributed by atoms with E-state index in [9.17, 15) is 9.59 Å². The number of nitrogens with one attached hydrogen (secondary N) is 2. The molecule has 22 heavy (non-hydrogen) atoms. The largest absolute Gasteiger partial charge is 0.353 e. The predicted molar refractivity (Wildman–Crippen MR) is 89.6 cm³/mol. The molecule has 1 saturated carbocycles. The van der Waals surface area contributed by atoms with Crippen LogP contribution in [-0.2, 0) is 9.59 Å². The maximum Gasteiger partial charge on any atom is 0.227 e. The Morgan fingerprint density at radius 2 is 1.50 bits per heavy atom. The molecule has 0 spiro atoms. The first-order valence-electron chi connectivity index (χ1n) is 8.74. The highest BCUT2D eigenvalue weighted by molar-refractivity contribution is 5.99. The van der Waals surface area contributed by atoms with Gasteiger partial charge in [0.05, 0.1) is 6.42 Å². The molecule has 2 amide bonds. The zero-order chi connectivity index (χ0) is 16.0. The molecule has 0 unspecified atom stereocenters. The molecule has 0 heterocycles. The van der Waals surface area contributed by atoms with Gasteiger partial charge in [-0.25, -0.2) is 5.43 Å². The van der Waals surface area contributed by atoms with Crippen molar-refractivity contribution in [3.8, 4) is 0 Å². The van der Waals surface area contributed by atoms with E-state index in [1.54, 1.807) is 6.92 Å². The summed E-state index contributed by atoms with van der Waals surface area (Å²) in [4.78, 5) is 22.2. The summed E-state index contributed by atoms with van der Waals surface area (Å²) in [6.07, 6.45) is 14.6. The molecular formula is C17H31N3O2. The fourth-order valence-electron chi connectivity index (χ4n) is 2.99. The molecule has 5 nitrogen and oxygen atoms in total. The summed E-state index contributed by atoms with van der Waals surface area (Å²) in [5.41, 5.74) is 2.85. The maximum absolute atomic E-state index is 12.1. The Kier molecular flexibility index (Phi) is 10.3. The number of amides is 2. The third-order valence-electron chi connectivity index (χ3n) is 4.19. The standard InChI is InChI=1S/C17H31N3O2/c1-15(20-18-14-21)13-17(22)19-16-11-9-7-5-3-2-4-6-8-10-12-16/h14,16H,2-13H2,1H3,(H,18,21)(H,19,22). The van der Waals surface area contributed by atoms with E-state index in [1.165, 1.54) is 57.8 Å². The van der Waals surface area contributed by atoms with Crippen molar-refractivity contribution in [2.75, 3.05) is 0 Å². The Balaban J connectivity index is 2.37. The highest BCUT2D eigenvalue weighted by Crippen LogP contribution is 2.17. The van der Waals surface area contributed by atoms with Crippen molar-refractivity contribution in [1.82, 2.24) is 10.7 Å². The van der Waals surface area contributed by atoms with Gasteiger partial charge in [-0.3, -0.25) is 9.59 Å². The van der Waals surface area contributed by atoms with E-state index in [2.05, 4.69) is 15.8 Å². The predicted octanol–water partition coefficient (Wildman–Crippen LogP) is 3.29. The number of hydrogen-bond donors (Lipinski definition) is 2. The van der Waals surface area contributed by atoms with Crippen molar-refractivity contribution < 1.29 is 9.59 Å². The molecule has 1 fully saturated rings. The second-order valence-electron chi connectivity index (χ2n) is 6.29. The summed E-state index contributed by atoms with van der Waals surface area (Å²) < 4.78 is 0. The van der Waals surface area contributed by atoms with E-state index in [-0.39, 0.29) is 12.3 Å². The van der Waals surface area contributed by atoms with Crippen molar-refractivity contribution in [3.05, 3.63) is 0 Å². The van der Waals surface area contributed by atoms with Crippen molar-refractivity contribution in [1.29, 1.82) is 0 Å². The number of hydrazone groups is 1. The van der Waals surface area contributed by atoms with E-state index in [0.717, 1.165) is 12.8 Å². The summed E-state index contributed by atoms with van der Waals surface area (Å²) in [5.74, 6) is 0.00560. The smallest absolute Gasteiger partial charge is 0.227 e. The Bertz CT molecular complexity index is 344. The highest BCUT2D eigenvalue weighted by atomic mass is 16.1. The zero-order valence-corrected chi connectivity index (χ0v) is 13.9. The average Bonchev–Trinajstić information content (AvgIpc) is 2.48. The Morgan fingerprint density at radius 3 is 2.00 bits per heavy atom. The van der Waals surface area contributed by atoms with Crippen LogP contribution in [0.4, 0.5) is 0 Å². The minimum Gasteiger partial charge on any atom is -0.353 e. The Labute approximate surface area is 134 Å². The van der Waals surface area contributed by atoms with Crippen LogP contribution in [0.15, 0.2) is 5.10 Å². The molecular weight excluding hydrogens is 278 g/mol. The first-order chi connectivity index (χ1) is 10.7. The molecule has 0 aromatic carbocycles. The second-order valence-corrected chi connectivity index (χ2v) is 6.29. The summed E-state index contributed by atoms with van der Waals surface area (Å²) in [6, 6.07) is 0.291. The molecule has 5 heteroatoms. The van der Waals surface area contributed by atoms with E-state index in [1.807, 2.05) is 0 Å². The van der Waals surface area contributed by atoms with Gasteiger partial charge >= 0.3 is 0 Å². The summed E-state index contributed by atoms with van der Waals surface area (Å²) in [6.45, 7) is 1.75. The number of nitrogens with zero attached hydrogens (tertiary/aromatic N) is 1. The molecule has 0 radical (unpaired) electrons. The molecule has 0 saturated heterocycles. The van der Waals surface area contributed by atoms with E-state index < -0.39 is 0 Å². The lowest BCUT2D eigenvalue weighted by atomic mass is 9.98. The van der Waals surface area contributed by atoms with Crippen molar-refractivity contribution in [2.45, 2.75) is 90.0 Å². The second kappa shape index (κ2) is 12.2. The molecule has 0 atom stereocenters. The molecule has 126 valence electrons. The fraction of sp³-hybridized carbons (Fsp3) is 0.824. The van der Waals surface area contributed by atoms with Gasteiger partial charge in [-0.2, -0.15) is 5.10 Å². The average molecular weight is 309 g/mol. The lowest BCUT2D eigenvalue weighted by molar-refractivity contribution is -0.120. The molecule has 1 aliphatic carbocycles. The van der Waals surface area contributed by atoms with E-state index >= 15 is 0 Å². The molecule has 2 N–H and O–H groups in total. The Hall–Kier alpha value is -1.39. The minimum atomic E-state index is 0.00560. The minimum absolute atomic E-state index is 0.00560. The van der Waals surface area contributed by atoms with Crippen LogP contribution in [0.3, 0.4) is 0 Å². The molecule has 0 aromatic rings. The van der Waals surface area contributed by atoms with Crippen LogP contribution < -0.4 is 10.7 Å². The SMILES string of the molecule is CC(CC(=O)NC1CCCCCCCCCCC1)=NNC=O. The molecule has 1 rings (SSSR count). The summed E-state index contributed by atoms with van der Waals surface area (Å²) in [5, 5.41) is 6.94. The number of carbonyl (C=O) groups is 2. The van der Waals surface area contributed by atoms with Crippen LogP contribution in [0, 0.1) is 0 Å². The Morgan fingerprint density at radius 1 is 1.00 bits per heavy atom. The first kappa shape index (κ1) is 18.7. The van der Waals surface area contributed by atoms with Crippen molar-refractivity contribution in [3.63, 3.8) is 0 Å². The van der Waals surface area contributed by atoms with E-state index in [4.69, 9.17) is 0 Å². The van der Waals surface area contributed by atoms with Gasteiger partial charge in [-0.1, -0.05) is 57.8 Å². The molecule has 0 aliphatic heterocycles. The van der Waals surface area contributed by atoms with Gasteiger partial charge in [0.1, 0.15) is 0 Å². The third-order valence-corrected chi connectivity index (χ3v) is 4.19. The molecule has 0 bridgehead atoms. The third kappa shape index (κ3) is 9.53. The van der Waals surface area contributed by atoms with Gasteiger partial charge in [-0.15, -0.1) is 0 Å². The van der Waals surface area contributed by atoms with Crippen molar-refractivity contribution in [2.24, 2.45) is 5.10 Å². The lowest BCUT2D eigenvalue weighted by Crippen LogP contribution is -2.35. The number of rotatable bonds is 5. The van der Waals surface area contributed by atoms with E-state index in [0.29, 0.717) is 18.2 Å². The van der Waals surface area contributed by atoms with Crippen LogP contribution in [0.1, 0.15) is 84.0 Å². The van der Waals surface area contributed by atoms with Crippen LogP contribution >= 0.6 is 0 Å². The van der Waals surface area contributed by atoms with Gasteiger partial charge in [0, 0.05) is 11.8 Å². The molecule has 1 aliphatic rings. The quantitative estimate of drug-likeness (QED) is 0.465. The van der Waals surface area contributed by atoms with Crippen LogP contribution in [0.5, 0.6) is 0 Å². The van der Waals surface area contributed by atoms with Gasteiger partial charge in [-0.05, 0) is 19.8 Å². The summed E-state index contributed by atoms with van der Waals surface area (Å²) >= 11 is 0. The monoisotopic (exact) mass is 309 g/mol. The number of hydrogen-bond acceptors (Lipinski definition) is 3. The fourth-order valence-corrected chi connectivity index (χ4v) is 2.99. The van der Waals surface area contributed by atoms with Gasteiger partial charge in [0.15, 0.2) is 0 Å². The lowest BCUT2D eigenvalue weighted by Gasteiger charge is -2.19. The normalized spacial score (nSPS) is 19.6. The van der Waals surface area contributed by atoms with Crippen molar-refractivity contribution >= 4 is 18.0 Å². The number of carbonyl (C=O) groups excluding carboxylic acids is 2. The van der Waals surface area contributed by atoms with Crippen LogP contribution in [-0.4, -0.2) is 24.1 Å². The zero-order valence-electron chi connectivity index (χ0n) is 13.9. The summed E-state index contributed by atoms with van der Waals surface area (Å²) in [7, 11) is 0. The van der Waals surface area contributed by atoms with Gasteiger partial charge in [0.2, 0.25) is 12.3 Å². The first-order valence-corrected chi connectivity index (χ1v) is 8.74. The maximum atomic E-state index is 12.1. The highest BCUT2D eigenvalue weighted by Gasteiger charge is 2.13. The van der Waals surface area contributed by atoms with Crippen LogP contribution in [0.25, 0.3) is 0 Å². The van der Waals surface area contributed by atoms with Gasteiger partial charge in [0.25, 0.3) is 0 Å².